The van der Waals surface area contributed by atoms with Gasteiger partial charge in [-0.15, -0.1) is 0 Å². The molecule has 0 saturated heterocycles. The molecule has 0 aromatic heterocycles. The summed E-state index contributed by atoms with van der Waals surface area (Å²) in [6, 6.07) is 5.15. The Balaban J connectivity index is 2.24. The normalized spacial score (nSPS) is 19.6. The van der Waals surface area contributed by atoms with Gasteiger partial charge in [-0.2, -0.15) is 0 Å². The van der Waals surface area contributed by atoms with Crippen LogP contribution in [0.1, 0.15) is 36.9 Å². The van der Waals surface area contributed by atoms with Crippen molar-refractivity contribution >= 4 is 21.7 Å². The summed E-state index contributed by atoms with van der Waals surface area (Å²) in [5, 5.41) is -1.23. The lowest BCUT2D eigenvalue weighted by atomic mass is 9.88. The number of sulfonamides is 1. The van der Waals surface area contributed by atoms with Crippen LogP contribution in [0.5, 0.6) is 0 Å². The number of esters is 1. The Morgan fingerprint density at radius 1 is 1.48 bits per heavy atom. The maximum absolute atomic E-state index is 12.2. The minimum atomic E-state index is -3.78. The van der Waals surface area contributed by atoms with Gasteiger partial charge in [-0.05, 0) is 49.4 Å². The molecule has 6 nitrogen and oxygen atoms in total. The van der Waals surface area contributed by atoms with E-state index < -0.39 is 21.2 Å². The number of anilines is 1. The number of hydrogen-bond donors (Lipinski definition) is 2. The van der Waals surface area contributed by atoms with Crippen molar-refractivity contribution in [2.45, 2.75) is 37.5 Å². The van der Waals surface area contributed by atoms with E-state index in [9.17, 15) is 13.2 Å². The number of carbonyl (C=O) groups excluding carboxylic acids is 1. The molecule has 0 bridgehead atoms. The zero-order valence-corrected chi connectivity index (χ0v) is 12.9. The number of methoxy groups -OCH3 is 1. The summed E-state index contributed by atoms with van der Waals surface area (Å²) >= 11 is 0. The SMILES string of the molecule is COC(=O)C(C)S(=O)(=O)NC1CCCc2cc(N)ccc21. The Morgan fingerprint density at radius 2 is 2.19 bits per heavy atom. The molecule has 1 aromatic rings. The van der Waals surface area contributed by atoms with Crippen LogP contribution in [-0.2, 0) is 26.0 Å². The van der Waals surface area contributed by atoms with Crippen LogP contribution in [0.2, 0.25) is 0 Å². The molecule has 1 aliphatic carbocycles. The first kappa shape index (κ1) is 15.8. The second-order valence-corrected chi connectivity index (χ2v) is 7.26. The van der Waals surface area contributed by atoms with Gasteiger partial charge in [0.25, 0.3) is 0 Å². The highest BCUT2D eigenvalue weighted by molar-refractivity contribution is 7.90. The van der Waals surface area contributed by atoms with Crippen molar-refractivity contribution in [2.24, 2.45) is 0 Å². The molecule has 0 spiro atoms. The van der Waals surface area contributed by atoms with Crippen LogP contribution in [0.25, 0.3) is 0 Å². The molecular weight excluding hydrogens is 292 g/mol. The van der Waals surface area contributed by atoms with E-state index in [0.717, 1.165) is 24.0 Å². The van der Waals surface area contributed by atoms with Gasteiger partial charge in [0.2, 0.25) is 10.0 Å². The van der Waals surface area contributed by atoms with Gasteiger partial charge in [-0.1, -0.05) is 6.07 Å². The molecule has 0 aliphatic heterocycles. The molecule has 2 unspecified atom stereocenters. The number of nitrogen functional groups attached to an aromatic ring is 1. The zero-order valence-electron chi connectivity index (χ0n) is 12.1. The second-order valence-electron chi connectivity index (χ2n) is 5.23. The number of hydrogen-bond acceptors (Lipinski definition) is 5. The van der Waals surface area contributed by atoms with Crippen LogP contribution in [0.15, 0.2) is 18.2 Å². The first-order valence-corrected chi connectivity index (χ1v) is 8.37. The third kappa shape index (κ3) is 3.36. The molecule has 1 aliphatic rings. The van der Waals surface area contributed by atoms with Crippen LogP contribution in [0.3, 0.4) is 0 Å². The van der Waals surface area contributed by atoms with Crippen LogP contribution in [0, 0.1) is 0 Å². The quantitative estimate of drug-likeness (QED) is 0.641. The van der Waals surface area contributed by atoms with Gasteiger partial charge >= 0.3 is 5.97 Å². The average Bonchev–Trinajstić information content (AvgIpc) is 2.45. The number of rotatable bonds is 4. The van der Waals surface area contributed by atoms with E-state index >= 15 is 0 Å². The fraction of sp³-hybridized carbons (Fsp3) is 0.500. The van der Waals surface area contributed by atoms with Crippen molar-refractivity contribution in [3.05, 3.63) is 29.3 Å². The topological polar surface area (TPSA) is 98.5 Å². The van der Waals surface area contributed by atoms with Crippen LogP contribution >= 0.6 is 0 Å². The maximum atomic E-state index is 12.2. The van der Waals surface area contributed by atoms with Crippen molar-refractivity contribution in [3.8, 4) is 0 Å². The van der Waals surface area contributed by atoms with Gasteiger partial charge in [0.1, 0.15) is 0 Å². The molecule has 1 aromatic carbocycles. The molecule has 2 rings (SSSR count). The summed E-state index contributed by atoms with van der Waals surface area (Å²) in [6.07, 6.45) is 2.45. The minimum Gasteiger partial charge on any atom is -0.468 e. The van der Waals surface area contributed by atoms with Crippen LogP contribution in [-0.4, -0.2) is 26.7 Å². The van der Waals surface area contributed by atoms with Gasteiger partial charge in [-0.3, -0.25) is 4.79 Å². The fourth-order valence-electron chi connectivity index (χ4n) is 2.55. The molecule has 3 N–H and O–H groups in total. The van der Waals surface area contributed by atoms with E-state index in [1.165, 1.54) is 14.0 Å². The summed E-state index contributed by atoms with van der Waals surface area (Å²) in [7, 11) is -2.61. The van der Waals surface area contributed by atoms with Gasteiger partial charge in [-0.25, -0.2) is 13.1 Å². The third-order valence-electron chi connectivity index (χ3n) is 3.79. The zero-order chi connectivity index (χ0) is 15.6. The fourth-order valence-corrected chi connectivity index (χ4v) is 3.74. The van der Waals surface area contributed by atoms with Crippen LogP contribution < -0.4 is 10.5 Å². The highest BCUT2D eigenvalue weighted by Gasteiger charge is 2.32. The minimum absolute atomic E-state index is 0.327. The lowest BCUT2D eigenvalue weighted by molar-refractivity contribution is -0.139. The predicted octanol–water partition coefficient (Wildman–Crippen LogP) is 1.13. The van der Waals surface area contributed by atoms with Crippen molar-refractivity contribution in [1.82, 2.24) is 4.72 Å². The Kier molecular flexibility index (Phi) is 4.53. The standard InChI is InChI=1S/C14H20N2O4S/c1-9(14(17)20-2)21(18,19)16-13-5-3-4-10-8-11(15)6-7-12(10)13/h6-9,13,16H,3-5,15H2,1-2H3. The molecule has 7 heteroatoms. The van der Waals surface area contributed by atoms with Gasteiger partial charge in [0.05, 0.1) is 7.11 Å². The van der Waals surface area contributed by atoms with Gasteiger partial charge in [0.15, 0.2) is 5.25 Å². The number of fused-ring (bicyclic) bond motifs is 1. The summed E-state index contributed by atoms with van der Waals surface area (Å²) in [4.78, 5) is 11.4. The summed E-state index contributed by atoms with van der Waals surface area (Å²) in [5.74, 6) is -0.768. The Morgan fingerprint density at radius 3 is 2.86 bits per heavy atom. The van der Waals surface area contributed by atoms with Crippen molar-refractivity contribution in [3.63, 3.8) is 0 Å². The molecule has 0 fully saturated rings. The van der Waals surface area contributed by atoms with E-state index in [2.05, 4.69) is 9.46 Å². The van der Waals surface area contributed by atoms with Gasteiger partial charge in [0, 0.05) is 11.7 Å². The highest BCUT2D eigenvalue weighted by atomic mass is 32.2. The van der Waals surface area contributed by atoms with Gasteiger partial charge < -0.3 is 10.5 Å². The smallest absolute Gasteiger partial charge is 0.325 e. The second kappa shape index (κ2) is 6.03. The first-order chi connectivity index (χ1) is 9.85. The van der Waals surface area contributed by atoms with E-state index in [-0.39, 0.29) is 6.04 Å². The lowest BCUT2D eigenvalue weighted by Gasteiger charge is -2.27. The van der Waals surface area contributed by atoms with Crippen molar-refractivity contribution in [2.75, 3.05) is 12.8 Å². The number of carbonyl (C=O) groups is 1. The van der Waals surface area contributed by atoms with Crippen molar-refractivity contribution in [1.29, 1.82) is 0 Å². The molecular formula is C14H20N2O4S. The predicted molar refractivity (Wildman–Crippen MR) is 80.1 cm³/mol. The molecule has 2 atom stereocenters. The average molecular weight is 312 g/mol. The maximum Gasteiger partial charge on any atom is 0.325 e. The Bertz CT molecular complexity index is 642. The highest BCUT2D eigenvalue weighted by Crippen LogP contribution is 2.31. The first-order valence-electron chi connectivity index (χ1n) is 6.82. The molecule has 0 radical (unpaired) electrons. The molecule has 0 saturated carbocycles. The number of aryl methyl sites for hydroxylation is 1. The van der Waals surface area contributed by atoms with Crippen LogP contribution in [0.4, 0.5) is 5.69 Å². The van der Waals surface area contributed by atoms with E-state index in [1.807, 2.05) is 12.1 Å². The van der Waals surface area contributed by atoms with E-state index in [0.29, 0.717) is 12.1 Å². The van der Waals surface area contributed by atoms with E-state index in [4.69, 9.17) is 5.73 Å². The number of nitrogens with one attached hydrogen (secondary N) is 1. The summed E-state index contributed by atoms with van der Waals surface area (Å²) in [6.45, 7) is 1.32. The number of benzene rings is 1. The molecule has 0 heterocycles. The summed E-state index contributed by atoms with van der Waals surface area (Å²) in [5.41, 5.74) is 8.41. The van der Waals surface area contributed by atoms with E-state index in [1.54, 1.807) is 6.07 Å². The lowest BCUT2D eigenvalue weighted by Crippen LogP contribution is -2.40. The monoisotopic (exact) mass is 312 g/mol. The van der Waals surface area contributed by atoms with Crippen molar-refractivity contribution < 1.29 is 17.9 Å². The third-order valence-corrected chi connectivity index (χ3v) is 5.52. The number of ether oxygens (including phenoxy) is 1. The molecule has 0 amide bonds. The summed E-state index contributed by atoms with van der Waals surface area (Å²) < 4.78 is 31.6. The Hall–Kier alpha value is -1.60. The number of nitrogens with two attached hydrogens (primary N) is 1. The largest absolute Gasteiger partial charge is 0.468 e. The molecule has 116 valence electrons. The Labute approximate surface area is 124 Å². The molecule has 21 heavy (non-hydrogen) atoms.